The van der Waals surface area contributed by atoms with Gasteiger partial charge in [-0.15, -0.1) is 0 Å². The average Bonchev–Trinajstić information content (AvgIpc) is 3.50. The number of anilines is 3. The van der Waals surface area contributed by atoms with E-state index in [0.29, 0.717) is 0 Å². The summed E-state index contributed by atoms with van der Waals surface area (Å²) in [5, 5.41) is 0. The fourth-order valence-corrected chi connectivity index (χ4v) is 10.6. The second kappa shape index (κ2) is 16.6. The summed E-state index contributed by atoms with van der Waals surface area (Å²) in [6.07, 6.45) is 3.29. The molecule has 2 aliphatic carbocycles. The lowest BCUT2D eigenvalue weighted by atomic mass is 9.81. The Morgan fingerprint density at radius 2 is 0.806 bits per heavy atom. The quantitative estimate of drug-likeness (QED) is 0.147. The van der Waals surface area contributed by atoms with E-state index < -0.39 is 0 Å². The molecule has 0 radical (unpaired) electrons. The Kier molecular flexibility index (Phi) is 9.99. The van der Waals surface area contributed by atoms with Gasteiger partial charge in [0.1, 0.15) is 0 Å². The smallest absolute Gasteiger partial charge is 0.0462 e. The molecule has 0 unspecified atom stereocenters. The third-order valence-corrected chi connectivity index (χ3v) is 14.2. The van der Waals surface area contributed by atoms with Crippen molar-refractivity contribution >= 4 is 28.7 Å². The van der Waals surface area contributed by atoms with Gasteiger partial charge in [0.15, 0.2) is 0 Å². The highest BCUT2D eigenvalue weighted by molar-refractivity contribution is 5.95. The third kappa shape index (κ3) is 7.30. The minimum Gasteiger partial charge on any atom is -0.311 e. The van der Waals surface area contributed by atoms with Crippen LogP contribution in [0.15, 0.2) is 243 Å². The molecular formula is C66H49N. The van der Waals surface area contributed by atoms with Crippen LogP contribution in [0.3, 0.4) is 0 Å². The Bertz CT molecular complexity index is 3450. The van der Waals surface area contributed by atoms with Gasteiger partial charge < -0.3 is 4.90 Å². The maximum absolute atomic E-state index is 2.43. The number of benzene rings is 10. The van der Waals surface area contributed by atoms with Gasteiger partial charge in [0, 0.05) is 22.5 Å². The predicted octanol–water partition coefficient (Wildman–Crippen LogP) is 17.9. The van der Waals surface area contributed by atoms with Gasteiger partial charge in [0.25, 0.3) is 0 Å². The lowest BCUT2D eigenvalue weighted by molar-refractivity contribution is 0.660. The van der Waals surface area contributed by atoms with Crippen LogP contribution in [-0.2, 0) is 11.8 Å². The summed E-state index contributed by atoms with van der Waals surface area (Å²) in [6, 6.07) is 89.1. The molecule has 10 aromatic rings. The highest BCUT2D eigenvalue weighted by Crippen LogP contribution is 2.53. The van der Waals surface area contributed by atoms with E-state index in [9.17, 15) is 0 Å². The summed E-state index contributed by atoms with van der Waals surface area (Å²) in [5.74, 6) is 0. The van der Waals surface area contributed by atoms with Crippen LogP contribution in [0.4, 0.5) is 17.1 Å². The van der Waals surface area contributed by atoms with Crippen molar-refractivity contribution in [1.29, 1.82) is 0 Å². The van der Waals surface area contributed by atoms with Crippen LogP contribution in [0.25, 0.3) is 78.4 Å². The average molecular weight is 856 g/mol. The number of nitrogens with zero attached hydrogens (tertiary/aromatic N) is 1. The number of hydrogen-bond donors (Lipinski definition) is 0. The summed E-state index contributed by atoms with van der Waals surface area (Å²) < 4.78 is 0. The van der Waals surface area contributed by atoms with Gasteiger partial charge >= 0.3 is 0 Å². The third-order valence-electron chi connectivity index (χ3n) is 14.2. The zero-order chi connectivity index (χ0) is 44.9. The summed E-state index contributed by atoms with van der Waals surface area (Å²) in [4.78, 5) is 2.37. The lowest BCUT2D eigenvalue weighted by Gasteiger charge is -2.26. The molecule has 0 saturated carbocycles. The Morgan fingerprint density at radius 1 is 0.328 bits per heavy atom. The first kappa shape index (κ1) is 40.3. The highest BCUT2D eigenvalue weighted by atomic mass is 15.1. The molecule has 0 spiro atoms. The molecule has 1 nitrogen and oxygen atoms in total. The van der Waals surface area contributed by atoms with E-state index in [-0.39, 0.29) is 5.41 Å². The molecule has 10 aromatic carbocycles. The van der Waals surface area contributed by atoms with E-state index in [2.05, 4.69) is 267 Å². The topological polar surface area (TPSA) is 3.24 Å². The molecule has 67 heavy (non-hydrogen) atoms. The number of rotatable bonds is 8. The van der Waals surface area contributed by atoms with Crippen LogP contribution in [0.5, 0.6) is 0 Å². The van der Waals surface area contributed by atoms with Crippen molar-refractivity contribution in [3.05, 3.63) is 270 Å². The van der Waals surface area contributed by atoms with Crippen molar-refractivity contribution in [3.8, 4) is 66.8 Å². The van der Waals surface area contributed by atoms with Crippen LogP contribution in [0.1, 0.15) is 41.7 Å². The van der Waals surface area contributed by atoms with Gasteiger partial charge in [-0.3, -0.25) is 0 Å². The molecule has 0 heterocycles. The largest absolute Gasteiger partial charge is 0.311 e. The van der Waals surface area contributed by atoms with Gasteiger partial charge in [-0.2, -0.15) is 0 Å². The van der Waals surface area contributed by atoms with Crippen molar-refractivity contribution in [2.75, 3.05) is 4.90 Å². The minimum atomic E-state index is -0.119. The van der Waals surface area contributed by atoms with E-state index in [1.54, 1.807) is 0 Å². The number of hydrogen-bond acceptors (Lipinski definition) is 1. The van der Waals surface area contributed by atoms with Crippen LogP contribution < -0.4 is 4.90 Å². The Balaban J connectivity index is 0.894. The molecule has 1 heteroatoms. The Labute approximate surface area is 394 Å². The zero-order valence-corrected chi connectivity index (χ0v) is 37.8. The summed E-state index contributed by atoms with van der Waals surface area (Å²) >= 11 is 0. The molecule has 0 amide bonds. The molecule has 0 fully saturated rings. The van der Waals surface area contributed by atoms with Crippen LogP contribution in [-0.4, -0.2) is 0 Å². The fourth-order valence-electron chi connectivity index (χ4n) is 10.6. The van der Waals surface area contributed by atoms with Crippen molar-refractivity contribution in [2.24, 2.45) is 0 Å². The molecule has 0 aromatic heterocycles. The van der Waals surface area contributed by atoms with Gasteiger partial charge in [-0.05, 0) is 155 Å². The lowest BCUT2D eigenvalue weighted by Crippen LogP contribution is -2.15. The van der Waals surface area contributed by atoms with Gasteiger partial charge in [-0.25, -0.2) is 0 Å². The van der Waals surface area contributed by atoms with E-state index in [4.69, 9.17) is 0 Å². The molecule has 318 valence electrons. The van der Waals surface area contributed by atoms with Gasteiger partial charge in [-0.1, -0.05) is 214 Å². The van der Waals surface area contributed by atoms with Crippen LogP contribution >= 0.6 is 0 Å². The monoisotopic (exact) mass is 855 g/mol. The molecule has 2 aliphatic rings. The van der Waals surface area contributed by atoms with Gasteiger partial charge in [0.2, 0.25) is 0 Å². The Hall–Kier alpha value is -8.26. The van der Waals surface area contributed by atoms with Crippen molar-refractivity contribution in [2.45, 2.75) is 25.7 Å². The minimum absolute atomic E-state index is 0.119. The van der Waals surface area contributed by atoms with Crippen LogP contribution in [0.2, 0.25) is 0 Å². The second-order valence-corrected chi connectivity index (χ2v) is 18.5. The van der Waals surface area contributed by atoms with Crippen molar-refractivity contribution < 1.29 is 0 Å². The summed E-state index contributed by atoms with van der Waals surface area (Å²) in [7, 11) is 0. The first-order chi connectivity index (χ1) is 33.0. The molecule has 0 saturated heterocycles. The molecular weight excluding hydrogens is 807 g/mol. The fraction of sp³-hybridized carbons (Fsp3) is 0.0606. The van der Waals surface area contributed by atoms with Gasteiger partial charge in [0.05, 0.1) is 0 Å². The normalized spacial score (nSPS) is 13.1. The van der Waals surface area contributed by atoms with E-state index in [1.807, 2.05) is 0 Å². The summed E-state index contributed by atoms with van der Waals surface area (Å²) in [6.45, 7) is 4.74. The van der Waals surface area contributed by atoms with E-state index >= 15 is 0 Å². The second-order valence-electron chi connectivity index (χ2n) is 18.5. The number of fused-ring (bicyclic) bond motifs is 6. The Morgan fingerprint density at radius 3 is 1.43 bits per heavy atom. The van der Waals surface area contributed by atoms with E-state index in [0.717, 1.165) is 23.5 Å². The zero-order valence-electron chi connectivity index (χ0n) is 37.8. The highest BCUT2D eigenvalue weighted by Gasteiger charge is 2.37. The number of allylic oxidation sites excluding steroid dienone is 1. The maximum Gasteiger partial charge on any atom is 0.0462 e. The van der Waals surface area contributed by atoms with Crippen molar-refractivity contribution in [3.63, 3.8) is 0 Å². The first-order valence-corrected chi connectivity index (χ1v) is 23.4. The molecule has 0 aliphatic heterocycles. The van der Waals surface area contributed by atoms with E-state index in [1.165, 1.54) is 100 Å². The van der Waals surface area contributed by atoms with Crippen LogP contribution in [0, 0.1) is 0 Å². The maximum atomic E-state index is 2.43. The summed E-state index contributed by atoms with van der Waals surface area (Å²) in [5.41, 5.74) is 26.2. The molecule has 12 rings (SSSR count). The molecule has 0 bridgehead atoms. The molecule has 0 N–H and O–H groups in total. The van der Waals surface area contributed by atoms with Crippen molar-refractivity contribution in [1.82, 2.24) is 0 Å². The standard InChI is InChI=1S/C66H49N/c1-66(2)63-24-14-23-60(50-19-10-5-11-20-50)65(63)61-40-33-52(44-64(61)66)49-31-38-58(39-32-49)67(56-34-27-47(28-35-56)45-15-6-3-7-16-45)57-36-29-48(30-37-57)51-25-26-54-42-55(46-17-8-4-9-18-46)41-53-21-12-13-22-59(53)62(54)43-51/h3-40,42-44H,41H2,1-2H3. The SMILES string of the molecule is CC1(C)c2cc(-c3ccc(N(c4ccc(-c5ccccc5)cc4)c4ccc(-c5ccc6c(c5)-c5ccccc5CC(c5ccccc5)=C6)cc4)cc3)ccc2-c2c(-c3ccccc3)cccc21. The first-order valence-electron chi connectivity index (χ1n) is 23.4. The molecule has 0 atom stereocenters. The predicted molar refractivity (Wildman–Crippen MR) is 284 cm³/mol.